The minimum atomic E-state index is -0.0261. The summed E-state index contributed by atoms with van der Waals surface area (Å²) in [6, 6.07) is -0.0261. The second kappa shape index (κ2) is 4.12. The molecule has 18 heavy (non-hydrogen) atoms. The third-order valence-electron chi connectivity index (χ3n) is 3.52. The number of carbonyl (C=O) groups excluding carboxylic acids is 1. The van der Waals surface area contributed by atoms with Gasteiger partial charge in [-0.1, -0.05) is 0 Å². The Hall–Kier alpha value is -1.85. The Balaban J connectivity index is 2.15. The molecule has 0 saturated heterocycles. The molecule has 2 aliphatic heterocycles. The van der Waals surface area contributed by atoms with Crippen LogP contribution >= 0.6 is 0 Å². The first-order chi connectivity index (χ1) is 8.70. The van der Waals surface area contributed by atoms with E-state index in [1.807, 2.05) is 11.6 Å². The summed E-state index contributed by atoms with van der Waals surface area (Å²) in [5, 5.41) is 0. The molecule has 1 aromatic rings. The number of aromatic nitrogens is 2. The summed E-state index contributed by atoms with van der Waals surface area (Å²) in [7, 11) is 3.71. The molecule has 3 heterocycles. The minimum absolute atomic E-state index is 0.0261. The summed E-state index contributed by atoms with van der Waals surface area (Å²) < 4.78 is 1.94. The fourth-order valence-electron chi connectivity index (χ4n) is 2.52. The molecule has 0 fully saturated rings. The Bertz CT molecular complexity index is 519. The van der Waals surface area contributed by atoms with Crippen molar-refractivity contribution in [1.29, 1.82) is 0 Å². The quantitative estimate of drug-likeness (QED) is 0.692. The van der Waals surface area contributed by atoms with Gasteiger partial charge in [0.05, 0.1) is 6.33 Å². The average Bonchev–Trinajstić information content (AvgIpc) is 2.69. The first-order valence-corrected chi connectivity index (χ1v) is 6.31. The van der Waals surface area contributed by atoms with Crippen molar-refractivity contribution in [3.05, 3.63) is 12.0 Å². The van der Waals surface area contributed by atoms with E-state index < -0.39 is 0 Å². The number of carbonyl (C=O) groups is 1. The molecule has 0 saturated carbocycles. The van der Waals surface area contributed by atoms with E-state index in [4.69, 9.17) is 0 Å². The maximum absolute atomic E-state index is 12.3. The van der Waals surface area contributed by atoms with Gasteiger partial charge in [-0.2, -0.15) is 0 Å². The molecule has 1 aromatic heterocycles. The fraction of sp³-hybridized carbons (Fsp3) is 0.583. The van der Waals surface area contributed by atoms with Gasteiger partial charge in [-0.25, -0.2) is 9.78 Å². The summed E-state index contributed by atoms with van der Waals surface area (Å²) in [6.45, 7) is 1.53. The smallest absolute Gasteiger partial charge is 0.329 e. The first-order valence-electron chi connectivity index (χ1n) is 6.31. The van der Waals surface area contributed by atoms with Gasteiger partial charge in [0.15, 0.2) is 11.7 Å². The lowest BCUT2D eigenvalue weighted by Gasteiger charge is -2.34. The van der Waals surface area contributed by atoms with Crippen LogP contribution in [0.1, 0.15) is 25.0 Å². The van der Waals surface area contributed by atoms with Gasteiger partial charge in [-0.05, 0) is 19.3 Å². The number of rotatable bonds is 0. The molecule has 6 heteroatoms. The van der Waals surface area contributed by atoms with Crippen molar-refractivity contribution in [3.63, 3.8) is 0 Å². The number of nitrogens with zero attached hydrogens (tertiary/aromatic N) is 5. The van der Waals surface area contributed by atoms with Crippen molar-refractivity contribution < 1.29 is 4.79 Å². The zero-order valence-corrected chi connectivity index (χ0v) is 10.8. The lowest BCUT2D eigenvalue weighted by atomic mass is 10.1. The van der Waals surface area contributed by atoms with E-state index in [9.17, 15) is 4.79 Å². The van der Waals surface area contributed by atoms with Crippen LogP contribution in [0.15, 0.2) is 11.3 Å². The second-order valence-corrected chi connectivity index (χ2v) is 4.79. The van der Waals surface area contributed by atoms with Crippen molar-refractivity contribution in [1.82, 2.24) is 14.5 Å². The van der Waals surface area contributed by atoms with E-state index in [-0.39, 0.29) is 6.03 Å². The molecular weight excluding hydrogens is 230 g/mol. The van der Waals surface area contributed by atoms with E-state index in [1.165, 1.54) is 0 Å². The van der Waals surface area contributed by atoms with Gasteiger partial charge in [-0.15, -0.1) is 0 Å². The molecule has 2 aliphatic rings. The highest BCUT2D eigenvalue weighted by molar-refractivity contribution is 6.17. The molecule has 3 rings (SSSR count). The molecule has 6 nitrogen and oxygen atoms in total. The van der Waals surface area contributed by atoms with Crippen molar-refractivity contribution in [2.75, 3.05) is 25.0 Å². The van der Waals surface area contributed by atoms with Gasteiger partial charge in [0.1, 0.15) is 5.69 Å². The zero-order chi connectivity index (χ0) is 12.7. The first kappa shape index (κ1) is 11.3. The second-order valence-electron chi connectivity index (χ2n) is 4.79. The predicted octanol–water partition coefficient (Wildman–Crippen LogP) is 1.22. The van der Waals surface area contributed by atoms with Gasteiger partial charge in [0.25, 0.3) is 0 Å². The lowest BCUT2D eigenvalue weighted by molar-refractivity contribution is 0.225. The molecule has 0 radical (unpaired) electrons. The molecule has 0 aliphatic carbocycles. The Labute approximate surface area is 106 Å². The number of urea groups is 1. The summed E-state index contributed by atoms with van der Waals surface area (Å²) in [5.41, 5.74) is 0.944. The number of hydrogen-bond acceptors (Lipinski definition) is 3. The third-order valence-corrected chi connectivity index (χ3v) is 3.52. The van der Waals surface area contributed by atoms with Crippen molar-refractivity contribution >= 4 is 17.7 Å². The SMILES string of the molecule is CN1C(=O)N2CCCCCN=C2c2c1ncn2C. The van der Waals surface area contributed by atoms with Gasteiger partial charge in [0.2, 0.25) is 0 Å². The van der Waals surface area contributed by atoms with E-state index in [0.29, 0.717) is 5.82 Å². The number of amidine groups is 1. The van der Waals surface area contributed by atoms with Crippen molar-refractivity contribution in [2.24, 2.45) is 12.0 Å². The molecule has 0 atom stereocenters. The monoisotopic (exact) mass is 247 g/mol. The number of aryl methyl sites for hydroxylation is 1. The van der Waals surface area contributed by atoms with Crippen molar-refractivity contribution in [3.8, 4) is 0 Å². The Morgan fingerprint density at radius 2 is 2.06 bits per heavy atom. The molecule has 0 unspecified atom stereocenters. The van der Waals surface area contributed by atoms with Gasteiger partial charge in [0, 0.05) is 27.2 Å². The molecule has 0 aromatic carbocycles. The Morgan fingerprint density at radius 1 is 1.22 bits per heavy atom. The minimum Gasteiger partial charge on any atom is -0.329 e. The number of fused-ring (bicyclic) bond motifs is 3. The number of amides is 2. The largest absolute Gasteiger partial charge is 0.331 e. The molecule has 0 bridgehead atoms. The average molecular weight is 247 g/mol. The molecular formula is C12H17N5O. The van der Waals surface area contributed by atoms with E-state index in [0.717, 1.165) is 43.9 Å². The summed E-state index contributed by atoms with van der Waals surface area (Å²) in [5.74, 6) is 1.49. The van der Waals surface area contributed by atoms with Crippen LogP contribution in [0.25, 0.3) is 0 Å². The maximum atomic E-state index is 12.3. The van der Waals surface area contributed by atoms with Crippen LogP contribution in [-0.2, 0) is 7.05 Å². The van der Waals surface area contributed by atoms with Crippen LogP contribution in [-0.4, -0.2) is 46.5 Å². The maximum Gasteiger partial charge on any atom is 0.331 e. The van der Waals surface area contributed by atoms with Crippen LogP contribution in [0.4, 0.5) is 10.6 Å². The van der Waals surface area contributed by atoms with Gasteiger partial charge >= 0.3 is 6.03 Å². The molecule has 2 amide bonds. The van der Waals surface area contributed by atoms with E-state index >= 15 is 0 Å². The highest BCUT2D eigenvalue weighted by atomic mass is 16.2. The highest BCUT2D eigenvalue weighted by Crippen LogP contribution is 2.27. The molecule has 0 N–H and O–H groups in total. The Morgan fingerprint density at radius 3 is 2.89 bits per heavy atom. The standard InChI is InChI=1S/C12H17N5O/c1-15-8-14-10-9(15)11-13-6-4-3-5-7-17(11)12(18)16(10)2/h8H,3-7H2,1-2H3. The van der Waals surface area contributed by atoms with Crippen LogP contribution < -0.4 is 4.90 Å². The zero-order valence-electron chi connectivity index (χ0n) is 10.8. The lowest BCUT2D eigenvalue weighted by Crippen LogP contribution is -2.51. The Kier molecular flexibility index (Phi) is 2.57. The van der Waals surface area contributed by atoms with Crippen LogP contribution in [0.3, 0.4) is 0 Å². The van der Waals surface area contributed by atoms with Crippen LogP contribution in [0.2, 0.25) is 0 Å². The van der Waals surface area contributed by atoms with E-state index in [2.05, 4.69) is 9.98 Å². The van der Waals surface area contributed by atoms with Gasteiger partial charge in [-0.3, -0.25) is 14.8 Å². The van der Waals surface area contributed by atoms with Crippen LogP contribution in [0.5, 0.6) is 0 Å². The summed E-state index contributed by atoms with van der Waals surface area (Å²) in [4.78, 5) is 24.6. The number of hydrogen-bond donors (Lipinski definition) is 0. The third kappa shape index (κ3) is 1.52. The summed E-state index contributed by atoms with van der Waals surface area (Å²) >= 11 is 0. The fourth-order valence-corrected chi connectivity index (χ4v) is 2.52. The predicted molar refractivity (Wildman–Crippen MR) is 69.0 cm³/mol. The van der Waals surface area contributed by atoms with Crippen molar-refractivity contribution in [2.45, 2.75) is 19.3 Å². The topological polar surface area (TPSA) is 53.7 Å². The highest BCUT2D eigenvalue weighted by Gasteiger charge is 2.36. The number of aliphatic imine (C=N–C) groups is 1. The molecule has 96 valence electrons. The summed E-state index contributed by atoms with van der Waals surface area (Å²) in [6.07, 6.45) is 4.99. The normalized spacial score (nSPS) is 19.9. The molecule has 0 spiro atoms. The van der Waals surface area contributed by atoms with Gasteiger partial charge < -0.3 is 4.57 Å². The number of imidazole rings is 1. The van der Waals surface area contributed by atoms with E-state index in [1.54, 1.807) is 23.2 Å². The van der Waals surface area contributed by atoms with Crippen LogP contribution in [0, 0.1) is 0 Å². The number of anilines is 1.